The Labute approximate surface area is 187 Å². The minimum Gasteiger partial charge on any atom is -0.438 e. The molecule has 33 heavy (non-hydrogen) atoms. The molecule has 1 aromatic carbocycles. The summed E-state index contributed by atoms with van der Waals surface area (Å²) in [5.41, 5.74) is 0.700. The van der Waals surface area contributed by atoms with Crippen LogP contribution in [-0.2, 0) is 14.1 Å². The number of carbonyl (C=O) groups excluding carboxylic acids is 1. The number of aryl methyl sites for hydroxylation is 2. The fraction of sp³-hybridized carbons (Fsp3) is 0.130. The van der Waals surface area contributed by atoms with Gasteiger partial charge in [0.2, 0.25) is 5.88 Å². The number of benzene rings is 1. The topological polar surface area (TPSA) is 132 Å². The molecule has 1 amide bonds. The van der Waals surface area contributed by atoms with Crippen LogP contribution < -0.4 is 21.3 Å². The van der Waals surface area contributed by atoms with Gasteiger partial charge < -0.3 is 10.1 Å². The van der Waals surface area contributed by atoms with E-state index in [0.29, 0.717) is 22.6 Å². The summed E-state index contributed by atoms with van der Waals surface area (Å²) in [4.78, 5) is 45.6. The molecule has 0 fully saturated rings. The van der Waals surface area contributed by atoms with Gasteiger partial charge in [0.25, 0.3) is 11.5 Å². The lowest BCUT2D eigenvalue weighted by molar-refractivity contribution is 0.102. The first-order valence-corrected chi connectivity index (χ1v) is 9.82. The lowest BCUT2D eigenvalue weighted by Crippen LogP contribution is -2.37. The van der Waals surface area contributed by atoms with Crippen LogP contribution in [0.15, 0.2) is 58.3 Å². The quantitative estimate of drug-likeness (QED) is 0.513. The summed E-state index contributed by atoms with van der Waals surface area (Å²) in [6.45, 7) is 1.79. The third kappa shape index (κ3) is 3.95. The van der Waals surface area contributed by atoms with E-state index in [4.69, 9.17) is 10.00 Å². The van der Waals surface area contributed by atoms with E-state index in [2.05, 4.69) is 15.3 Å². The molecular formula is C23H18N6O4. The second-order valence-corrected chi connectivity index (χ2v) is 7.27. The third-order valence-electron chi connectivity index (χ3n) is 5.09. The third-order valence-corrected chi connectivity index (χ3v) is 5.09. The highest BCUT2D eigenvalue weighted by molar-refractivity contribution is 6.04. The van der Waals surface area contributed by atoms with Crippen molar-refractivity contribution in [3.8, 4) is 17.7 Å². The van der Waals surface area contributed by atoms with Gasteiger partial charge in [-0.2, -0.15) is 5.26 Å². The van der Waals surface area contributed by atoms with E-state index in [1.807, 2.05) is 6.07 Å². The van der Waals surface area contributed by atoms with Gasteiger partial charge in [0.1, 0.15) is 28.7 Å². The molecule has 164 valence electrons. The lowest BCUT2D eigenvalue weighted by Gasteiger charge is -2.12. The fourth-order valence-electron chi connectivity index (χ4n) is 3.28. The summed E-state index contributed by atoms with van der Waals surface area (Å²) in [6, 6.07) is 13.2. The summed E-state index contributed by atoms with van der Waals surface area (Å²) in [5.74, 6) is 0.141. The van der Waals surface area contributed by atoms with Gasteiger partial charge in [0, 0.05) is 26.0 Å². The summed E-state index contributed by atoms with van der Waals surface area (Å²) in [6.07, 6.45) is 1.53. The van der Waals surface area contributed by atoms with Crippen LogP contribution in [-0.4, -0.2) is 25.0 Å². The number of carbonyl (C=O) groups is 1. The Bertz CT molecular complexity index is 1580. The molecule has 4 rings (SSSR count). The Morgan fingerprint density at radius 2 is 1.91 bits per heavy atom. The summed E-state index contributed by atoms with van der Waals surface area (Å²) < 4.78 is 7.90. The molecule has 4 aromatic rings. The van der Waals surface area contributed by atoms with Gasteiger partial charge in [-0.15, -0.1) is 0 Å². The Kier molecular flexibility index (Phi) is 5.46. The van der Waals surface area contributed by atoms with Crippen molar-refractivity contribution in [2.45, 2.75) is 6.92 Å². The first kappa shape index (κ1) is 21.5. The van der Waals surface area contributed by atoms with Crippen molar-refractivity contribution in [2.24, 2.45) is 14.1 Å². The number of fused-ring (bicyclic) bond motifs is 1. The van der Waals surface area contributed by atoms with Gasteiger partial charge >= 0.3 is 5.69 Å². The highest BCUT2D eigenvalue weighted by Crippen LogP contribution is 2.27. The van der Waals surface area contributed by atoms with Gasteiger partial charge in [-0.1, -0.05) is 0 Å². The van der Waals surface area contributed by atoms with E-state index in [9.17, 15) is 14.4 Å². The Morgan fingerprint density at radius 1 is 1.12 bits per heavy atom. The van der Waals surface area contributed by atoms with Crippen molar-refractivity contribution in [3.05, 3.63) is 86.3 Å². The number of rotatable bonds is 4. The molecule has 0 unspecified atom stereocenters. The number of nitrogens with one attached hydrogen (secondary N) is 1. The zero-order valence-electron chi connectivity index (χ0n) is 18.0. The Morgan fingerprint density at radius 3 is 2.64 bits per heavy atom. The number of amides is 1. The zero-order valence-corrected chi connectivity index (χ0v) is 18.0. The van der Waals surface area contributed by atoms with Crippen molar-refractivity contribution in [2.75, 3.05) is 5.32 Å². The number of pyridine rings is 2. The van der Waals surface area contributed by atoms with Crippen LogP contribution in [0.1, 0.15) is 21.6 Å². The summed E-state index contributed by atoms with van der Waals surface area (Å²) in [7, 11) is 2.87. The van der Waals surface area contributed by atoms with Gasteiger partial charge in [0.05, 0.1) is 5.39 Å². The highest BCUT2D eigenvalue weighted by atomic mass is 16.5. The second kappa shape index (κ2) is 8.39. The van der Waals surface area contributed by atoms with Gasteiger partial charge in [-0.3, -0.25) is 18.7 Å². The molecule has 3 aromatic heterocycles. The zero-order chi connectivity index (χ0) is 23.7. The normalized spacial score (nSPS) is 10.6. The predicted molar refractivity (Wildman–Crippen MR) is 120 cm³/mol. The Balaban J connectivity index is 1.60. The van der Waals surface area contributed by atoms with E-state index in [0.717, 1.165) is 4.57 Å². The number of ether oxygens (including phenoxy) is 1. The number of hydrogen-bond donors (Lipinski definition) is 1. The molecular weight excluding hydrogens is 424 g/mol. The van der Waals surface area contributed by atoms with Crippen molar-refractivity contribution >= 4 is 22.6 Å². The number of nitriles is 1. The average molecular weight is 442 g/mol. The van der Waals surface area contributed by atoms with E-state index < -0.39 is 17.2 Å². The van der Waals surface area contributed by atoms with Crippen LogP contribution in [0, 0.1) is 18.3 Å². The molecule has 10 nitrogen and oxygen atoms in total. The standard InChI is InChI=1S/C23H18N6O4/c1-13-11-15(33-21-14(12-24)5-4-10-25-21)6-8-17(13)27-20(30)18-9-7-16-19(26-18)28(2)23(32)29(3)22(16)31/h4-11H,1-3H3,(H,27,30). The second-order valence-electron chi connectivity index (χ2n) is 7.27. The van der Waals surface area contributed by atoms with Gasteiger partial charge in [-0.05, 0) is 55.0 Å². The van der Waals surface area contributed by atoms with E-state index in [1.54, 1.807) is 37.3 Å². The van der Waals surface area contributed by atoms with E-state index in [1.165, 1.54) is 37.0 Å². The molecule has 0 saturated carbocycles. The van der Waals surface area contributed by atoms with Crippen LogP contribution >= 0.6 is 0 Å². The number of aromatic nitrogens is 4. The first-order chi connectivity index (χ1) is 15.8. The molecule has 0 aliphatic carbocycles. The number of hydrogen-bond acceptors (Lipinski definition) is 7. The van der Waals surface area contributed by atoms with Gasteiger partial charge in [-0.25, -0.2) is 14.8 Å². The molecule has 1 N–H and O–H groups in total. The molecule has 0 aliphatic rings. The average Bonchev–Trinajstić information content (AvgIpc) is 2.83. The van der Waals surface area contributed by atoms with Crippen molar-refractivity contribution in [1.82, 2.24) is 19.1 Å². The maximum Gasteiger partial charge on any atom is 0.332 e. The summed E-state index contributed by atoms with van der Waals surface area (Å²) >= 11 is 0. The van der Waals surface area contributed by atoms with Crippen LogP contribution in [0.25, 0.3) is 11.0 Å². The molecule has 3 heterocycles. The van der Waals surface area contributed by atoms with Gasteiger partial charge in [0.15, 0.2) is 0 Å². The monoisotopic (exact) mass is 442 g/mol. The largest absolute Gasteiger partial charge is 0.438 e. The maximum atomic E-state index is 12.8. The SMILES string of the molecule is Cc1cc(Oc2ncccc2C#N)ccc1NC(=O)c1ccc2c(=O)n(C)c(=O)n(C)c2n1. The maximum absolute atomic E-state index is 12.8. The molecule has 0 bridgehead atoms. The van der Waals surface area contributed by atoms with Crippen LogP contribution in [0.5, 0.6) is 11.6 Å². The fourth-order valence-corrected chi connectivity index (χ4v) is 3.28. The highest BCUT2D eigenvalue weighted by Gasteiger charge is 2.15. The number of anilines is 1. The van der Waals surface area contributed by atoms with Crippen molar-refractivity contribution in [3.63, 3.8) is 0 Å². The Hall–Kier alpha value is -4.78. The van der Waals surface area contributed by atoms with E-state index >= 15 is 0 Å². The van der Waals surface area contributed by atoms with Crippen LogP contribution in [0.3, 0.4) is 0 Å². The lowest BCUT2D eigenvalue weighted by atomic mass is 10.2. The molecule has 0 aliphatic heterocycles. The first-order valence-electron chi connectivity index (χ1n) is 9.82. The van der Waals surface area contributed by atoms with Crippen molar-refractivity contribution in [1.29, 1.82) is 5.26 Å². The van der Waals surface area contributed by atoms with Crippen LogP contribution in [0.4, 0.5) is 5.69 Å². The van der Waals surface area contributed by atoms with Crippen LogP contribution in [0.2, 0.25) is 0 Å². The van der Waals surface area contributed by atoms with E-state index in [-0.39, 0.29) is 22.6 Å². The molecule has 10 heteroatoms. The minimum atomic E-state index is -0.531. The number of nitrogens with zero attached hydrogens (tertiary/aromatic N) is 5. The smallest absolute Gasteiger partial charge is 0.332 e. The molecule has 0 spiro atoms. The summed E-state index contributed by atoms with van der Waals surface area (Å²) in [5, 5.41) is 12.2. The molecule has 0 atom stereocenters. The predicted octanol–water partition coefficient (Wildman–Crippen LogP) is 2.25. The molecule has 0 saturated heterocycles. The minimum absolute atomic E-state index is 0.0534. The van der Waals surface area contributed by atoms with Crippen molar-refractivity contribution < 1.29 is 9.53 Å². The molecule has 0 radical (unpaired) electrons.